The highest BCUT2D eigenvalue weighted by Crippen LogP contribution is 2.04. The van der Waals surface area contributed by atoms with Gasteiger partial charge in [-0.15, -0.1) is 11.3 Å². The van der Waals surface area contributed by atoms with Crippen LogP contribution in [0.2, 0.25) is 0 Å². The lowest BCUT2D eigenvalue weighted by molar-refractivity contribution is -0.0254. The third-order valence-corrected chi connectivity index (χ3v) is 3.47. The predicted molar refractivity (Wildman–Crippen MR) is 65.7 cm³/mol. The van der Waals surface area contributed by atoms with E-state index < -0.39 is 0 Å². The van der Waals surface area contributed by atoms with Crippen molar-refractivity contribution in [2.24, 2.45) is 0 Å². The van der Waals surface area contributed by atoms with Crippen LogP contribution in [0.15, 0.2) is 10.9 Å². The average molecular weight is 241 g/mol. The first-order chi connectivity index (χ1) is 7.88. The highest BCUT2D eigenvalue weighted by Gasteiger charge is 2.18. The van der Waals surface area contributed by atoms with Crippen molar-refractivity contribution < 1.29 is 4.74 Å². The molecular weight excluding hydrogens is 222 g/mol. The maximum absolute atomic E-state index is 5.71. The van der Waals surface area contributed by atoms with Gasteiger partial charge in [0.1, 0.15) is 0 Å². The SMILES string of the molecule is CCN1CCO[C@H](CNCc2cscn2)C1. The van der Waals surface area contributed by atoms with Gasteiger partial charge in [0.05, 0.1) is 23.9 Å². The van der Waals surface area contributed by atoms with Gasteiger partial charge >= 0.3 is 0 Å². The zero-order chi connectivity index (χ0) is 11.2. The van der Waals surface area contributed by atoms with E-state index in [0.717, 1.165) is 45.0 Å². The molecule has 90 valence electrons. The zero-order valence-electron chi connectivity index (χ0n) is 9.69. The second-order valence-corrected chi connectivity index (χ2v) is 4.72. The number of morpholine rings is 1. The molecule has 1 aromatic heterocycles. The van der Waals surface area contributed by atoms with E-state index in [-0.39, 0.29) is 0 Å². The summed E-state index contributed by atoms with van der Waals surface area (Å²) in [5.74, 6) is 0. The van der Waals surface area contributed by atoms with Gasteiger partial charge < -0.3 is 10.1 Å². The molecule has 1 atom stereocenters. The molecule has 1 aliphatic heterocycles. The summed E-state index contributed by atoms with van der Waals surface area (Å²) in [7, 11) is 0. The van der Waals surface area contributed by atoms with Crippen molar-refractivity contribution >= 4 is 11.3 Å². The predicted octanol–water partition coefficient (Wildman–Crippen LogP) is 0.953. The van der Waals surface area contributed by atoms with Gasteiger partial charge in [-0.2, -0.15) is 0 Å². The van der Waals surface area contributed by atoms with E-state index >= 15 is 0 Å². The lowest BCUT2D eigenvalue weighted by atomic mass is 10.2. The van der Waals surface area contributed by atoms with Crippen LogP contribution in [0, 0.1) is 0 Å². The van der Waals surface area contributed by atoms with E-state index in [1.807, 2.05) is 5.51 Å². The molecule has 1 aromatic rings. The Hall–Kier alpha value is -0.490. The second kappa shape index (κ2) is 6.30. The first-order valence-corrected chi connectivity index (χ1v) is 6.74. The summed E-state index contributed by atoms with van der Waals surface area (Å²) in [6.07, 6.45) is 0.326. The van der Waals surface area contributed by atoms with Crippen molar-refractivity contribution in [3.63, 3.8) is 0 Å². The van der Waals surface area contributed by atoms with Crippen molar-refractivity contribution in [3.05, 3.63) is 16.6 Å². The number of nitrogens with zero attached hydrogens (tertiary/aromatic N) is 2. The van der Waals surface area contributed by atoms with E-state index in [1.165, 1.54) is 0 Å². The quantitative estimate of drug-likeness (QED) is 0.833. The fourth-order valence-electron chi connectivity index (χ4n) is 1.88. The highest BCUT2D eigenvalue weighted by atomic mass is 32.1. The van der Waals surface area contributed by atoms with Crippen LogP contribution >= 0.6 is 11.3 Å². The summed E-state index contributed by atoms with van der Waals surface area (Å²) < 4.78 is 5.71. The number of rotatable bonds is 5. The molecule has 0 aromatic carbocycles. The van der Waals surface area contributed by atoms with E-state index in [2.05, 4.69) is 27.5 Å². The Morgan fingerprint density at radius 1 is 1.69 bits per heavy atom. The van der Waals surface area contributed by atoms with Crippen molar-refractivity contribution in [1.82, 2.24) is 15.2 Å². The Labute approximate surface area is 101 Å². The van der Waals surface area contributed by atoms with Crippen LogP contribution < -0.4 is 5.32 Å². The molecule has 1 aliphatic rings. The van der Waals surface area contributed by atoms with Crippen LogP contribution in [0.25, 0.3) is 0 Å². The summed E-state index contributed by atoms with van der Waals surface area (Å²) in [5, 5.41) is 5.47. The highest BCUT2D eigenvalue weighted by molar-refractivity contribution is 7.07. The van der Waals surface area contributed by atoms with Gasteiger partial charge in [0, 0.05) is 31.6 Å². The van der Waals surface area contributed by atoms with Crippen LogP contribution in [-0.2, 0) is 11.3 Å². The van der Waals surface area contributed by atoms with Gasteiger partial charge in [-0.05, 0) is 6.54 Å². The molecule has 1 N–H and O–H groups in total. The Morgan fingerprint density at radius 3 is 3.38 bits per heavy atom. The van der Waals surface area contributed by atoms with Crippen LogP contribution in [0.1, 0.15) is 12.6 Å². The van der Waals surface area contributed by atoms with Crippen molar-refractivity contribution in [2.45, 2.75) is 19.6 Å². The number of hydrogen-bond acceptors (Lipinski definition) is 5. The Balaban J connectivity index is 1.65. The molecule has 0 unspecified atom stereocenters. The average Bonchev–Trinajstić information content (AvgIpc) is 2.82. The maximum atomic E-state index is 5.71. The Morgan fingerprint density at radius 2 is 2.62 bits per heavy atom. The van der Waals surface area contributed by atoms with E-state index in [1.54, 1.807) is 11.3 Å². The zero-order valence-corrected chi connectivity index (χ0v) is 10.5. The number of thiazole rings is 1. The molecule has 1 saturated heterocycles. The maximum Gasteiger partial charge on any atom is 0.0826 e. The van der Waals surface area contributed by atoms with E-state index in [0.29, 0.717) is 6.10 Å². The van der Waals surface area contributed by atoms with Gasteiger partial charge in [-0.25, -0.2) is 4.98 Å². The third-order valence-electron chi connectivity index (χ3n) is 2.83. The smallest absolute Gasteiger partial charge is 0.0826 e. The van der Waals surface area contributed by atoms with Crippen LogP contribution in [-0.4, -0.2) is 48.8 Å². The first kappa shape index (κ1) is 12.0. The normalized spacial score (nSPS) is 22.4. The Bertz CT molecular complexity index is 291. The van der Waals surface area contributed by atoms with Crippen LogP contribution in [0.4, 0.5) is 0 Å². The molecular formula is C11H19N3OS. The molecule has 0 bridgehead atoms. The second-order valence-electron chi connectivity index (χ2n) is 4.00. The number of aromatic nitrogens is 1. The van der Waals surface area contributed by atoms with Crippen molar-refractivity contribution in [1.29, 1.82) is 0 Å². The molecule has 0 radical (unpaired) electrons. The summed E-state index contributed by atoms with van der Waals surface area (Å²) in [6, 6.07) is 0. The van der Waals surface area contributed by atoms with Crippen LogP contribution in [0.5, 0.6) is 0 Å². The lowest BCUT2D eigenvalue weighted by Gasteiger charge is -2.32. The fourth-order valence-corrected chi connectivity index (χ4v) is 2.44. The van der Waals surface area contributed by atoms with E-state index in [4.69, 9.17) is 4.74 Å². The van der Waals surface area contributed by atoms with Crippen molar-refractivity contribution in [2.75, 3.05) is 32.8 Å². The number of hydrogen-bond donors (Lipinski definition) is 1. The first-order valence-electron chi connectivity index (χ1n) is 5.80. The van der Waals surface area contributed by atoms with Gasteiger partial charge in [0.25, 0.3) is 0 Å². The Kier molecular flexibility index (Phi) is 4.71. The number of nitrogens with one attached hydrogen (secondary N) is 1. The van der Waals surface area contributed by atoms with Gasteiger partial charge in [-0.1, -0.05) is 6.92 Å². The molecule has 2 rings (SSSR count). The largest absolute Gasteiger partial charge is 0.374 e. The number of likely N-dealkylation sites (N-methyl/N-ethyl adjacent to an activating group) is 1. The molecule has 1 fully saturated rings. The summed E-state index contributed by atoms with van der Waals surface area (Å²) in [6.45, 7) is 8.04. The molecule has 0 aliphatic carbocycles. The minimum absolute atomic E-state index is 0.326. The molecule has 16 heavy (non-hydrogen) atoms. The summed E-state index contributed by atoms with van der Waals surface area (Å²) in [5.41, 5.74) is 2.99. The van der Waals surface area contributed by atoms with Gasteiger partial charge in [0.15, 0.2) is 0 Å². The molecule has 0 spiro atoms. The van der Waals surface area contributed by atoms with Crippen LogP contribution in [0.3, 0.4) is 0 Å². The molecule has 4 nitrogen and oxygen atoms in total. The fraction of sp³-hybridized carbons (Fsp3) is 0.727. The third kappa shape index (κ3) is 3.52. The lowest BCUT2D eigenvalue weighted by Crippen LogP contribution is -2.46. The minimum Gasteiger partial charge on any atom is -0.374 e. The van der Waals surface area contributed by atoms with Gasteiger partial charge in [0.2, 0.25) is 0 Å². The monoisotopic (exact) mass is 241 g/mol. The minimum atomic E-state index is 0.326. The molecule has 0 saturated carbocycles. The molecule has 2 heterocycles. The van der Waals surface area contributed by atoms with Crippen molar-refractivity contribution in [3.8, 4) is 0 Å². The topological polar surface area (TPSA) is 37.4 Å². The molecule has 5 heteroatoms. The standard InChI is InChI=1S/C11H19N3OS/c1-2-14-3-4-15-11(7-14)6-12-5-10-8-16-9-13-10/h8-9,11-12H,2-7H2,1H3/t11-/m1/s1. The summed E-state index contributed by atoms with van der Waals surface area (Å²) >= 11 is 1.64. The molecule has 0 amide bonds. The van der Waals surface area contributed by atoms with Gasteiger partial charge in [-0.3, -0.25) is 4.90 Å². The number of ether oxygens (including phenoxy) is 1. The van der Waals surface area contributed by atoms with E-state index in [9.17, 15) is 0 Å². The summed E-state index contributed by atoms with van der Waals surface area (Å²) in [4.78, 5) is 6.66.